The Bertz CT molecular complexity index is 181. The molecule has 2 unspecified atom stereocenters. The van der Waals surface area contributed by atoms with Gasteiger partial charge in [-0.2, -0.15) is 0 Å². The van der Waals surface area contributed by atoms with E-state index in [-0.39, 0.29) is 0 Å². The van der Waals surface area contributed by atoms with Gasteiger partial charge in [0.25, 0.3) is 0 Å². The van der Waals surface area contributed by atoms with Gasteiger partial charge in [0.05, 0.1) is 0 Å². The Morgan fingerprint density at radius 2 is 1.94 bits per heavy atom. The lowest BCUT2D eigenvalue weighted by Crippen LogP contribution is -2.41. The molecule has 1 heterocycles. The van der Waals surface area contributed by atoms with Crippen LogP contribution in [-0.2, 0) is 0 Å². The molecule has 0 aromatic carbocycles. The maximum absolute atomic E-state index is 3.78. The van der Waals surface area contributed by atoms with Gasteiger partial charge in [0, 0.05) is 6.04 Å². The molecular weight excluding hydrogens is 196 g/mol. The molecule has 2 fully saturated rings. The Labute approximate surface area is 101 Å². The third-order valence-electron chi connectivity index (χ3n) is 4.48. The number of piperidine rings is 1. The minimum atomic E-state index is 0.738. The van der Waals surface area contributed by atoms with Gasteiger partial charge < -0.3 is 10.6 Å². The monoisotopic (exact) mass is 224 g/mol. The first-order valence-electron chi connectivity index (χ1n) is 7.30. The molecule has 0 amide bonds. The van der Waals surface area contributed by atoms with Crippen LogP contribution in [0.5, 0.6) is 0 Å². The maximum Gasteiger partial charge on any atom is 0.00671 e. The summed E-state index contributed by atoms with van der Waals surface area (Å²) < 4.78 is 0. The molecule has 16 heavy (non-hydrogen) atoms. The molecule has 0 bridgehead atoms. The van der Waals surface area contributed by atoms with Crippen molar-refractivity contribution in [3.8, 4) is 0 Å². The fourth-order valence-corrected chi connectivity index (χ4v) is 3.25. The molecule has 1 aliphatic heterocycles. The molecule has 1 saturated heterocycles. The first-order chi connectivity index (χ1) is 7.86. The normalized spacial score (nSPS) is 30.2. The van der Waals surface area contributed by atoms with Crippen LogP contribution in [0.4, 0.5) is 0 Å². The molecule has 2 nitrogen and oxygen atoms in total. The van der Waals surface area contributed by atoms with E-state index in [0.717, 1.165) is 17.9 Å². The maximum atomic E-state index is 3.78. The van der Waals surface area contributed by atoms with Crippen LogP contribution >= 0.6 is 0 Å². The van der Waals surface area contributed by atoms with Crippen molar-refractivity contribution in [3.05, 3.63) is 0 Å². The molecule has 94 valence electrons. The Morgan fingerprint density at radius 3 is 2.62 bits per heavy atom. The molecular formula is C14H28N2. The van der Waals surface area contributed by atoms with E-state index in [2.05, 4.69) is 17.6 Å². The van der Waals surface area contributed by atoms with Crippen molar-refractivity contribution in [2.45, 2.75) is 57.9 Å². The van der Waals surface area contributed by atoms with E-state index in [1.807, 2.05) is 0 Å². The van der Waals surface area contributed by atoms with Crippen molar-refractivity contribution < 1.29 is 0 Å². The molecule has 0 aromatic heterocycles. The van der Waals surface area contributed by atoms with Crippen molar-refractivity contribution >= 4 is 0 Å². The molecule has 0 spiro atoms. The summed E-state index contributed by atoms with van der Waals surface area (Å²) in [7, 11) is 0. The highest BCUT2D eigenvalue weighted by Crippen LogP contribution is 2.26. The molecule has 2 heteroatoms. The minimum absolute atomic E-state index is 0.738. The van der Waals surface area contributed by atoms with Crippen molar-refractivity contribution in [1.82, 2.24) is 10.6 Å². The van der Waals surface area contributed by atoms with Crippen molar-refractivity contribution in [1.29, 1.82) is 0 Å². The summed E-state index contributed by atoms with van der Waals surface area (Å²) in [6.07, 6.45) is 10.1. The summed E-state index contributed by atoms with van der Waals surface area (Å²) >= 11 is 0. The molecule has 0 radical (unpaired) electrons. The second kappa shape index (κ2) is 6.61. The van der Waals surface area contributed by atoms with Crippen LogP contribution < -0.4 is 10.6 Å². The van der Waals surface area contributed by atoms with Crippen molar-refractivity contribution in [3.63, 3.8) is 0 Å². The third-order valence-corrected chi connectivity index (χ3v) is 4.48. The van der Waals surface area contributed by atoms with Gasteiger partial charge in [0.2, 0.25) is 0 Å². The average Bonchev–Trinajstić information content (AvgIpc) is 2.38. The van der Waals surface area contributed by atoms with Crippen LogP contribution in [0.3, 0.4) is 0 Å². The second-order valence-corrected chi connectivity index (χ2v) is 5.81. The standard InChI is InChI=1S/C14H28N2/c1-12(14-7-3-2-4-8-14)16-11-13-6-5-9-15-10-13/h12-16H,2-11H2,1H3. The zero-order chi connectivity index (χ0) is 11.2. The predicted molar refractivity (Wildman–Crippen MR) is 69.6 cm³/mol. The predicted octanol–water partition coefficient (Wildman–Crippen LogP) is 2.54. The van der Waals surface area contributed by atoms with Gasteiger partial charge in [-0.15, -0.1) is 0 Å². The van der Waals surface area contributed by atoms with Crippen LogP contribution in [0.1, 0.15) is 51.9 Å². The van der Waals surface area contributed by atoms with Gasteiger partial charge in [-0.3, -0.25) is 0 Å². The molecule has 1 saturated carbocycles. The van der Waals surface area contributed by atoms with Gasteiger partial charge in [-0.05, 0) is 64.1 Å². The number of hydrogen-bond acceptors (Lipinski definition) is 2. The Hall–Kier alpha value is -0.0800. The van der Waals surface area contributed by atoms with Crippen LogP contribution in [0.25, 0.3) is 0 Å². The molecule has 2 rings (SSSR count). The summed E-state index contributed by atoms with van der Waals surface area (Å²) in [6.45, 7) is 6.08. The highest BCUT2D eigenvalue weighted by atomic mass is 14.9. The number of nitrogens with one attached hydrogen (secondary N) is 2. The van der Waals surface area contributed by atoms with Gasteiger partial charge in [-0.25, -0.2) is 0 Å². The fourth-order valence-electron chi connectivity index (χ4n) is 3.25. The van der Waals surface area contributed by atoms with Gasteiger partial charge in [-0.1, -0.05) is 19.3 Å². The Morgan fingerprint density at radius 1 is 1.12 bits per heavy atom. The van der Waals surface area contributed by atoms with E-state index in [1.165, 1.54) is 64.6 Å². The SMILES string of the molecule is CC(NCC1CCCNC1)C1CCCCC1. The summed E-state index contributed by atoms with van der Waals surface area (Å²) in [5.74, 6) is 1.82. The lowest BCUT2D eigenvalue weighted by atomic mass is 9.84. The van der Waals surface area contributed by atoms with E-state index < -0.39 is 0 Å². The van der Waals surface area contributed by atoms with Gasteiger partial charge in [0.15, 0.2) is 0 Å². The lowest BCUT2D eigenvalue weighted by molar-refractivity contribution is 0.261. The second-order valence-electron chi connectivity index (χ2n) is 5.81. The molecule has 0 aromatic rings. The Balaban J connectivity index is 1.63. The van der Waals surface area contributed by atoms with Crippen molar-refractivity contribution in [2.24, 2.45) is 11.8 Å². The van der Waals surface area contributed by atoms with Gasteiger partial charge >= 0.3 is 0 Å². The zero-order valence-corrected chi connectivity index (χ0v) is 10.8. The Kier molecular flexibility index (Phi) is 5.11. The number of hydrogen-bond donors (Lipinski definition) is 2. The third kappa shape index (κ3) is 3.74. The van der Waals surface area contributed by atoms with E-state index in [0.29, 0.717) is 0 Å². The smallest absolute Gasteiger partial charge is 0.00671 e. The lowest BCUT2D eigenvalue weighted by Gasteiger charge is -2.31. The molecule has 2 N–H and O–H groups in total. The van der Waals surface area contributed by atoms with Crippen LogP contribution in [0, 0.1) is 11.8 Å². The van der Waals surface area contributed by atoms with E-state index >= 15 is 0 Å². The van der Waals surface area contributed by atoms with Crippen molar-refractivity contribution in [2.75, 3.05) is 19.6 Å². The summed E-state index contributed by atoms with van der Waals surface area (Å²) in [5, 5.41) is 7.28. The highest BCUT2D eigenvalue weighted by Gasteiger charge is 2.21. The van der Waals surface area contributed by atoms with E-state index in [1.54, 1.807) is 0 Å². The zero-order valence-electron chi connectivity index (χ0n) is 10.8. The van der Waals surface area contributed by atoms with Crippen LogP contribution in [0.15, 0.2) is 0 Å². The summed E-state index contributed by atoms with van der Waals surface area (Å²) in [4.78, 5) is 0. The summed E-state index contributed by atoms with van der Waals surface area (Å²) in [6, 6.07) is 0.738. The molecule has 2 aliphatic rings. The van der Waals surface area contributed by atoms with E-state index in [4.69, 9.17) is 0 Å². The first-order valence-corrected chi connectivity index (χ1v) is 7.30. The van der Waals surface area contributed by atoms with E-state index in [9.17, 15) is 0 Å². The first kappa shape index (κ1) is 12.4. The molecule has 2 atom stereocenters. The van der Waals surface area contributed by atoms with Crippen LogP contribution in [0.2, 0.25) is 0 Å². The highest BCUT2D eigenvalue weighted by molar-refractivity contribution is 4.78. The average molecular weight is 224 g/mol. The fraction of sp³-hybridized carbons (Fsp3) is 1.00. The van der Waals surface area contributed by atoms with Gasteiger partial charge in [0.1, 0.15) is 0 Å². The minimum Gasteiger partial charge on any atom is -0.316 e. The largest absolute Gasteiger partial charge is 0.316 e. The quantitative estimate of drug-likeness (QED) is 0.767. The summed E-state index contributed by atoms with van der Waals surface area (Å²) in [5.41, 5.74) is 0. The topological polar surface area (TPSA) is 24.1 Å². The molecule has 1 aliphatic carbocycles. The van der Waals surface area contributed by atoms with Crippen LogP contribution in [-0.4, -0.2) is 25.7 Å². The number of rotatable bonds is 4.